The lowest BCUT2D eigenvalue weighted by atomic mass is 9.93. The molecule has 5 rings (SSSR count). The average Bonchev–Trinajstić information content (AvgIpc) is 3.29. The Labute approximate surface area is 180 Å². The van der Waals surface area contributed by atoms with Gasteiger partial charge < -0.3 is 15.2 Å². The van der Waals surface area contributed by atoms with Gasteiger partial charge in [0.05, 0.1) is 0 Å². The summed E-state index contributed by atoms with van der Waals surface area (Å²) in [6.07, 6.45) is 7.98. The molecule has 0 spiro atoms. The van der Waals surface area contributed by atoms with E-state index in [4.69, 9.17) is 0 Å². The highest BCUT2D eigenvalue weighted by Gasteiger charge is 2.36. The minimum Gasteiger partial charge on any atom is -0.348 e. The van der Waals surface area contributed by atoms with Crippen molar-refractivity contribution in [1.82, 2.24) is 25.1 Å². The third-order valence-electron chi connectivity index (χ3n) is 6.84. The summed E-state index contributed by atoms with van der Waals surface area (Å²) in [5, 5.41) is 3.17. The molecule has 3 aliphatic rings. The topological polar surface area (TPSA) is 98.4 Å². The van der Waals surface area contributed by atoms with Crippen LogP contribution in [-0.4, -0.2) is 63.3 Å². The van der Waals surface area contributed by atoms with E-state index in [2.05, 4.69) is 20.2 Å². The number of aromatic amines is 1. The molecular formula is C23H27N5O3. The smallest absolute Gasteiger partial charge is 0.272 e. The maximum absolute atomic E-state index is 13.2. The Morgan fingerprint density at radius 1 is 1.13 bits per heavy atom. The summed E-state index contributed by atoms with van der Waals surface area (Å²) in [4.78, 5) is 49.6. The van der Waals surface area contributed by atoms with Gasteiger partial charge in [0.2, 0.25) is 0 Å². The molecule has 0 aliphatic carbocycles. The van der Waals surface area contributed by atoms with Crippen molar-refractivity contribution in [2.24, 2.45) is 0 Å². The number of fused-ring (bicyclic) bond motifs is 2. The number of piperidine rings is 1. The second-order valence-electron chi connectivity index (χ2n) is 8.66. The maximum atomic E-state index is 13.2. The molecule has 2 aromatic rings. The minimum atomic E-state index is -0.361. The molecule has 0 radical (unpaired) electrons. The highest BCUT2D eigenvalue weighted by atomic mass is 16.2. The zero-order valence-corrected chi connectivity index (χ0v) is 17.5. The van der Waals surface area contributed by atoms with Crippen LogP contribution in [-0.2, 0) is 13.0 Å². The molecule has 0 bridgehead atoms. The van der Waals surface area contributed by atoms with Gasteiger partial charge >= 0.3 is 0 Å². The normalized spacial score (nSPS) is 23.2. The summed E-state index contributed by atoms with van der Waals surface area (Å²) in [5.41, 5.74) is 1.81. The highest BCUT2D eigenvalue weighted by Crippen LogP contribution is 2.28. The zero-order chi connectivity index (χ0) is 21.4. The maximum Gasteiger partial charge on any atom is 0.272 e. The summed E-state index contributed by atoms with van der Waals surface area (Å²) in [6.45, 7) is 2.99. The number of nitrogens with zero attached hydrogens (tertiary/aromatic N) is 3. The van der Waals surface area contributed by atoms with Crippen molar-refractivity contribution in [1.29, 1.82) is 0 Å². The second-order valence-corrected chi connectivity index (χ2v) is 8.66. The number of carbonyl (C=O) groups is 2. The first-order valence-electron chi connectivity index (χ1n) is 11.1. The third kappa shape index (κ3) is 3.76. The number of hydrogen-bond donors (Lipinski definition) is 2. The lowest BCUT2D eigenvalue weighted by Gasteiger charge is -2.37. The molecule has 0 unspecified atom stereocenters. The summed E-state index contributed by atoms with van der Waals surface area (Å²) in [6, 6.07) is 5.72. The molecular weight excluding hydrogens is 394 g/mol. The van der Waals surface area contributed by atoms with Gasteiger partial charge in [0.1, 0.15) is 11.3 Å². The van der Waals surface area contributed by atoms with E-state index in [1.165, 1.54) is 6.42 Å². The van der Waals surface area contributed by atoms with Crippen molar-refractivity contribution in [3.05, 3.63) is 63.3 Å². The van der Waals surface area contributed by atoms with Gasteiger partial charge in [-0.1, -0.05) is 6.07 Å². The lowest BCUT2D eigenvalue weighted by Crippen LogP contribution is -2.53. The third-order valence-corrected chi connectivity index (χ3v) is 6.84. The van der Waals surface area contributed by atoms with Gasteiger partial charge in [-0.3, -0.25) is 24.3 Å². The zero-order valence-electron chi connectivity index (χ0n) is 17.5. The van der Waals surface area contributed by atoms with Crippen molar-refractivity contribution >= 4 is 11.8 Å². The summed E-state index contributed by atoms with van der Waals surface area (Å²) in [5.74, 6) is -0.437. The Hall–Kier alpha value is -3.00. The van der Waals surface area contributed by atoms with E-state index in [1.807, 2.05) is 0 Å². The Morgan fingerprint density at radius 3 is 2.77 bits per heavy atom. The van der Waals surface area contributed by atoms with E-state index in [-0.39, 0.29) is 29.0 Å². The fourth-order valence-electron chi connectivity index (χ4n) is 5.33. The molecule has 0 aromatic carbocycles. The van der Waals surface area contributed by atoms with Gasteiger partial charge in [-0.15, -0.1) is 0 Å². The van der Waals surface area contributed by atoms with Gasteiger partial charge in [0.15, 0.2) is 0 Å². The predicted octanol–water partition coefficient (Wildman–Crippen LogP) is 1.32. The van der Waals surface area contributed by atoms with E-state index in [1.54, 1.807) is 35.5 Å². The van der Waals surface area contributed by atoms with Gasteiger partial charge in [0.25, 0.3) is 17.4 Å². The van der Waals surface area contributed by atoms with Crippen LogP contribution in [0.3, 0.4) is 0 Å². The van der Waals surface area contributed by atoms with Crippen LogP contribution in [0.5, 0.6) is 0 Å². The van der Waals surface area contributed by atoms with Gasteiger partial charge in [0, 0.05) is 37.6 Å². The Bertz CT molecular complexity index is 1050. The molecule has 2 fully saturated rings. The fourth-order valence-corrected chi connectivity index (χ4v) is 5.33. The molecule has 2 N–H and O–H groups in total. The van der Waals surface area contributed by atoms with E-state index in [9.17, 15) is 14.4 Å². The Balaban J connectivity index is 1.36. The first kappa shape index (κ1) is 19.9. The van der Waals surface area contributed by atoms with Gasteiger partial charge in [-0.25, -0.2) is 0 Å². The molecule has 2 amide bonds. The number of aromatic nitrogens is 2. The van der Waals surface area contributed by atoms with E-state index >= 15 is 0 Å². The van der Waals surface area contributed by atoms with Crippen molar-refractivity contribution in [2.75, 3.05) is 19.6 Å². The average molecular weight is 422 g/mol. The number of nitrogens with one attached hydrogen (secondary N) is 2. The summed E-state index contributed by atoms with van der Waals surface area (Å²) >= 11 is 0. The van der Waals surface area contributed by atoms with Gasteiger partial charge in [-0.05, 0) is 68.5 Å². The fraction of sp³-hybridized carbons (Fsp3) is 0.478. The molecule has 162 valence electrons. The van der Waals surface area contributed by atoms with Crippen molar-refractivity contribution in [3.63, 3.8) is 0 Å². The van der Waals surface area contributed by atoms with Crippen LogP contribution in [0.15, 0.2) is 35.4 Å². The number of H-pyrrole nitrogens is 1. The molecule has 31 heavy (non-hydrogen) atoms. The van der Waals surface area contributed by atoms with Crippen LogP contribution in [0.25, 0.3) is 0 Å². The first-order valence-corrected chi connectivity index (χ1v) is 11.1. The monoisotopic (exact) mass is 421 g/mol. The quantitative estimate of drug-likeness (QED) is 0.779. The standard InChI is InChI=1S/C23H27N5O3/c29-21-20(22(30)26-17-6-3-10-27-11-4-7-19(17)27)16-8-12-28(14-15(16)13-25-21)23(31)18-5-1-2-9-24-18/h1-2,5,9,13,17,19H,3-4,6-8,10-12,14H2,(H,25,29)(H,26,30)/t17-,19-/m0/s1. The van der Waals surface area contributed by atoms with Crippen LogP contribution in [0.2, 0.25) is 0 Å². The van der Waals surface area contributed by atoms with Crippen LogP contribution in [0.4, 0.5) is 0 Å². The largest absolute Gasteiger partial charge is 0.348 e. The molecule has 2 saturated heterocycles. The number of pyridine rings is 2. The van der Waals surface area contributed by atoms with E-state index in [0.717, 1.165) is 43.5 Å². The molecule has 2 atom stereocenters. The molecule has 5 heterocycles. The van der Waals surface area contributed by atoms with Crippen molar-refractivity contribution in [2.45, 2.75) is 50.7 Å². The Kier molecular flexibility index (Phi) is 5.31. The number of amides is 2. The first-order chi connectivity index (χ1) is 15.1. The number of hydrogen-bond acceptors (Lipinski definition) is 5. The molecule has 8 heteroatoms. The van der Waals surface area contributed by atoms with E-state index < -0.39 is 0 Å². The van der Waals surface area contributed by atoms with Crippen molar-refractivity contribution in [3.8, 4) is 0 Å². The molecule has 3 aliphatic heterocycles. The number of carbonyl (C=O) groups excluding carboxylic acids is 2. The lowest BCUT2D eigenvalue weighted by molar-refractivity contribution is 0.0728. The molecule has 2 aromatic heterocycles. The van der Waals surface area contributed by atoms with Crippen LogP contribution >= 0.6 is 0 Å². The SMILES string of the molecule is O=C(N[C@H]1CCCN2CCC[C@@H]12)c1c2c(c[nH]c1=O)CN(C(=O)c1ccccn1)CC2. The van der Waals surface area contributed by atoms with Crippen molar-refractivity contribution < 1.29 is 9.59 Å². The summed E-state index contributed by atoms with van der Waals surface area (Å²) in [7, 11) is 0. The molecule has 0 saturated carbocycles. The minimum absolute atomic E-state index is 0.0878. The molecule has 8 nitrogen and oxygen atoms in total. The van der Waals surface area contributed by atoms with Crippen LogP contribution in [0.1, 0.15) is 57.7 Å². The highest BCUT2D eigenvalue weighted by molar-refractivity contribution is 5.96. The Morgan fingerprint density at radius 2 is 1.97 bits per heavy atom. The van der Waals surface area contributed by atoms with E-state index in [0.29, 0.717) is 31.2 Å². The summed E-state index contributed by atoms with van der Waals surface area (Å²) < 4.78 is 0. The van der Waals surface area contributed by atoms with Gasteiger partial charge in [-0.2, -0.15) is 0 Å². The predicted molar refractivity (Wildman–Crippen MR) is 115 cm³/mol. The second kappa shape index (κ2) is 8.26. The van der Waals surface area contributed by atoms with Crippen LogP contribution < -0.4 is 10.9 Å². The van der Waals surface area contributed by atoms with Crippen LogP contribution in [0, 0.1) is 0 Å². The number of rotatable bonds is 3.